The van der Waals surface area contributed by atoms with Crippen LogP contribution in [-0.2, 0) is 30.4 Å². The van der Waals surface area contributed by atoms with Gasteiger partial charge in [-0.05, 0) is 24.7 Å². The van der Waals surface area contributed by atoms with Gasteiger partial charge in [-0.25, -0.2) is 9.78 Å². The number of aromatic amines is 1. The molecule has 0 unspecified atom stereocenters. The van der Waals surface area contributed by atoms with E-state index in [9.17, 15) is 29.1 Å². The van der Waals surface area contributed by atoms with Gasteiger partial charge >= 0.3 is 5.97 Å². The summed E-state index contributed by atoms with van der Waals surface area (Å²) in [5.74, 6) is -3.49. The van der Waals surface area contributed by atoms with Gasteiger partial charge in [-0.1, -0.05) is 34.6 Å². The fourth-order valence-corrected chi connectivity index (χ4v) is 3.48. The molecule has 7 N–H and O–H groups in total. The van der Waals surface area contributed by atoms with Crippen LogP contribution in [-0.4, -0.2) is 87.3 Å². The summed E-state index contributed by atoms with van der Waals surface area (Å²) < 4.78 is 0. The molecule has 0 spiro atoms. The van der Waals surface area contributed by atoms with Crippen molar-refractivity contribution in [1.29, 1.82) is 0 Å². The van der Waals surface area contributed by atoms with Crippen LogP contribution in [0.5, 0.6) is 0 Å². The van der Waals surface area contributed by atoms with E-state index in [1.54, 1.807) is 20.8 Å². The van der Waals surface area contributed by atoms with E-state index >= 15 is 0 Å². The molecule has 0 bridgehead atoms. The number of amides is 4. The molecule has 4 amide bonds. The number of rotatable bonds is 13. The van der Waals surface area contributed by atoms with E-state index in [1.165, 1.54) is 26.5 Å². The predicted molar refractivity (Wildman–Crippen MR) is 136 cm³/mol. The molecule has 1 rings (SSSR count). The van der Waals surface area contributed by atoms with Crippen LogP contribution in [0, 0.1) is 11.3 Å². The van der Waals surface area contributed by atoms with E-state index in [1.807, 2.05) is 13.8 Å². The topological polar surface area (TPSA) is 200 Å². The highest BCUT2D eigenvalue weighted by molar-refractivity contribution is 5.94. The van der Waals surface area contributed by atoms with Crippen LogP contribution in [0.25, 0.3) is 0 Å². The number of nitrogens with two attached hydrogens (primary N) is 1. The maximum Gasteiger partial charge on any atom is 0.326 e. The molecule has 0 aliphatic rings. The minimum absolute atomic E-state index is 0.0144. The van der Waals surface area contributed by atoms with Gasteiger partial charge in [0.05, 0.1) is 18.9 Å². The SMILES string of the molecule is CC(C)C[C@H](NC(=O)[C@H](Cc1cnc[nH]1)N(C)C(=O)CNC(=O)[C@@H](NC(=O)[C@H](C)N)C(C)(C)C)C(=O)O. The molecule has 13 heteroatoms. The molecule has 1 aromatic rings. The van der Waals surface area contributed by atoms with Crippen molar-refractivity contribution in [2.24, 2.45) is 17.1 Å². The van der Waals surface area contributed by atoms with Gasteiger partial charge in [-0.2, -0.15) is 0 Å². The van der Waals surface area contributed by atoms with Gasteiger partial charge in [0, 0.05) is 25.4 Å². The molecule has 0 aromatic carbocycles. The van der Waals surface area contributed by atoms with Gasteiger partial charge in [-0.15, -0.1) is 0 Å². The lowest BCUT2D eigenvalue weighted by atomic mass is 9.86. The van der Waals surface area contributed by atoms with Gasteiger partial charge in [0.2, 0.25) is 23.6 Å². The number of H-pyrrole nitrogens is 1. The first-order chi connectivity index (χ1) is 17.0. The number of imidazole rings is 1. The lowest BCUT2D eigenvalue weighted by molar-refractivity contribution is -0.144. The number of nitrogens with one attached hydrogen (secondary N) is 4. The maximum atomic E-state index is 13.1. The zero-order chi connectivity index (χ0) is 28.5. The third-order valence-corrected chi connectivity index (χ3v) is 5.70. The van der Waals surface area contributed by atoms with Crippen LogP contribution in [0.1, 0.15) is 53.7 Å². The first-order valence-corrected chi connectivity index (χ1v) is 12.1. The Morgan fingerprint density at radius 1 is 1.08 bits per heavy atom. The Labute approximate surface area is 217 Å². The Kier molecular flexibility index (Phi) is 11.7. The second-order valence-electron chi connectivity index (χ2n) is 10.6. The molecule has 37 heavy (non-hydrogen) atoms. The van der Waals surface area contributed by atoms with Gasteiger partial charge in [0.15, 0.2) is 0 Å². The number of hydrogen-bond acceptors (Lipinski definition) is 7. The van der Waals surface area contributed by atoms with Crippen molar-refractivity contribution in [2.45, 2.75) is 78.6 Å². The zero-order valence-electron chi connectivity index (χ0n) is 22.6. The molecule has 0 saturated heterocycles. The second-order valence-corrected chi connectivity index (χ2v) is 10.6. The first-order valence-electron chi connectivity index (χ1n) is 12.1. The average molecular weight is 524 g/mol. The zero-order valence-corrected chi connectivity index (χ0v) is 22.6. The summed E-state index contributed by atoms with van der Waals surface area (Å²) in [5, 5.41) is 17.2. The van der Waals surface area contributed by atoms with Gasteiger partial charge < -0.3 is 36.7 Å². The largest absolute Gasteiger partial charge is 0.480 e. The van der Waals surface area contributed by atoms with Crippen LogP contribution in [0.3, 0.4) is 0 Å². The Hall–Kier alpha value is -3.48. The molecule has 208 valence electrons. The van der Waals surface area contributed by atoms with Crippen molar-refractivity contribution in [3.05, 3.63) is 18.2 Å². The molecule has 0 aliphatic carbocycles. The van der Waals surface area contributed by atoms with Crippen molar-refractivity contribution >= 4 is 29.6 Å². The number of carbonyl (C=O) groups excluding carboxylic acids is 4. The van der Waals surface area contributed by atoms with Crippen LogP contribution >= 0.6 is 0 Å². The summed E-state index contributed by atoms with van der Waals surface area (Å²) in [6, 6.07) is -3.98. The Morgan fingerprint density at radius 3 is 2.16 bits per heavy atom. The van der Waals surface area contributed by atoms with E-state index in [-0.39, 0.29) is 18.8 Å². The highest BCUT2D eigenvalue weighted by Crippen LogP contribution is 2.19. The third kappa shape index (κ3) is 10.2. The van der Waals surface area contributed by atoms with Crippen molar-refractivity contribution < 1.29 is 29.1 Å². The first kappa shape index (κ1) is 31.5. The molecular formula is C24H41N7O6. The second kappa shape index (κ2) is 13.7. The average Bonchev–Trinajstić information content (AvgIpc) is 3.30. The minimum atomic E-state index is -1.18. The lowest BCUT2D eigenvalue weighted by Crippen LogP contribution is -2.58. The number of carboxylic acid groups (broad SMARTS) is 1. The van der Waals surface area contributed by atoms with Crippen molar-refractivity contribution in [2.75, 3.05) is 13.6 Å². The molecule has 4 atom stereocenters. The standard InChI is InChI=1S/C24H41N7O6/c1-13(2)8-16(23(36)37)29-21(34)17(9-15-10-26-12-28-15)31(7)18(32)11-27-22(35)19(24(4,5)6)30-20(33)14(3)25/h10,12-14,16-17,19H,8-9,11,25H2,1-7H3,(H,26,28)(H,27,35)(H,29,34)(H,30,33)(H,36,37)/t14-,16-,17-,19+/m0/s1. The van der Waals surface area contributed by atoms with E-state index in [4.69, 9.17) is 5.73 Å². The van der Waals surface area contributed by atoms with Gasteiger partial charge in [-0.3, -0.25) is 19.2 Å². The summed E-state index contributed by atoms with van der Waals surface area (Å²) >= 11 is 0. The number of aliphatic carboxylic acids is 1. The maximum absolute atomic E-state index is 13.1. The Morgan fingerprint density at radius 2 is 1.70 bits per heavy atom. The molecule has 0 saturated carbocycles. The summed E-state index contributed by atoms with van der Waals surface area (Å²) in [5.41, 5.74) is 5.49. The molecule has 1 heterocycles. The smallest absolute Gasteiger partial charge is 0.326 e. The molecule has 13 nitrogen and oxygen atoms in total. The predicted octanol–water partition coefficient (Wildman–Crippen LogP) is -0.611. The fraction of sp³-hybridized carbons (Fsp3) is 0.667. The lowest BCUT2D eigenvalue weighted by Gasteiger charge is -2.32. The number of nitrogens with zero attached hydrogens (tertiary/aromatic N) is 2. The van der Waals surface area contributed by atoms with E-state index < -0.39 is 65.7 Å². The molecule has 0 fully saturated rings. The van der Waals surface area contributed by atoms with E-state index in [2.05, 4.69) is 25.9 Å². The van der Waals surface area contributed by atoms with E-state index in [0.29, 0.717) is 5.69 Å². The van der Waals surface area contributed by atoms with Crippen molar-refractivity contribution in [3.8, 4) is 0 Å². The number of likely N-dealkylation sites (N-methyl/N-ethyl adjacent to an activating group) is 1. The molecule has 0 aliphatic heterocycles. The summed E-state index contributed by atoms with van der Waals surface area (Å²) in [6.45, 7) is 9.99. The highest BCUT2D eigenvalue weighted by Gasteiger charge is 2.35. The van der Waals surface area contributed by atoms with Crippen LogP contribution in [0.2, 0.25) is 0 Å². The number of aromatic nitrogens is 2. The van der Waals surface area contributed by atoms with Gasteiger partial charge in [0.1, 0.15) is 18.1 Å². The number of carboxylic acids is 1. The summed E-state index contributed by atoms with van der Waals surface area (Å²) in [7, 11) is 1.40. The molecule has 0 radical (unpaired) electrons. The Balaban J connectivity index is 3.01. The summed E-state index contributed by atoms with van der Waals surface area (Å²) in [6.07, 6.45) is 3.19. The summed E-state index contributed by atoms with van der Waals surface area (Å²) in [4.78, 5) is 70.7. The van der Waals surface area contributed by atoms with Crippen LogP contribution < -0.4 is 21.7 Å². The highest BCUT2D eigenvalue weighted by atomic mass is 16.4. The number of hydrogen-bond donors (Lipinski definition) is 6. The van der Waals surface area contributed by atoms with Crippen LogP contribution in [0.15, 0.2) is 12.5 Å². The fourth-order valence-electron chi connectivity index (χ4n) is 3.48. The normalized spacial score (nSPS) is 14.7. The van der Waals surface area contributed by atoms with E-state index in [0.717, 1.165) is 4.90 Å². The molecule has 1 aromatic heterocycles. The Bertz CT molecular complexity index is 940. The molecular weight excluding hydrogens is 482 g/mol. The van der Waals surface area contributed by atoms with Crippen LogP contribution in [0.4, 0.5) is 0 Å². The van der Waals surface area contributed by atoms with Gasteiger partial charge in [0.25, 0.3) is 0 Å². The van der Waals surface area contributed by atoms with Crippen molar-refractivity contribution in [3.63, 3.8) is 0 Å². The quantitative estimate of drug-likeness (QED) is 0.197. The monoisotopic (exact) mass is 523 g/mol. The van der Waals surface area contributed by atoms with Crippen molar-refractivity contribution in [1.82, 2.24) is 30.8 Å². The number of carbonyl (C=O) groups is 5. The minimum Gasteiger partial charge on any atom is -0.480 e. The third-order valence-electron chi connectivity index (χ3n) is 5.70.